The van der Waals surface area contributed by atoms with Gasteiger partial charge in [-0.15, -0.1) is 0 Å². The fourth-order valence-corrected chi connectivity index (χ4v) is 3.04. The number of hydrogen-bond acceptors (Lipinski definition) is 5. The van der Waals surface area contributed by atoms with Gasteiger partial charge in [0.2, 0.25) is 0 Å². The number of nitrogens with zero attached hydrogens (tertiary/aromatic N) is 1. The minimum Gasteiger partial charge on any atom is -0.466 e. The molecule has 0 amide bonds. The van der Waals surface area contributed by atoms with E-state index in [1.54, 1.807) is 6.92 Å². The number of aromatic amines is 1. The predicted octanol–water partition coefficient (Wildman–Crippen LogP) is 2.12. The zero-order chi connectivity index (χ0) is 15.3. The molecule has 0 aliphatic heterocycles. The molecule has 1 heterocycles. The average molecular weight is 300 g/mol. The summed E-state index contributed by atoms with van der Waals surface area (Å²) in [5.74, 6) is -0.183. The first kappa shape index (κ1) is 16.9. The maximum Gasteiger partial charge on any atom is 0.307 e. The lowest BCUT2D eigenvalue weighted by molar-refractivity contribution is -0.143. The van der Waals surface area contributed by atoms with E-state index in [-0.39, 0.29) is 16.3 Å². The standard InChI is InChI=1S/C14H24N2O3S/c1-6-19-11(17)7-8-16(5)9-10-12(14(2,3)4)15-13(18)20-10/h6-9H2,1-5H3,(H,15,18). The summed E-state index contributed by atoms with van der Waals surface area (Å²) in [4.78, 5) is 28.9. The zero-order valence-corrected chi connectivity index (χ0v) is 13.7. The molecule has 0 aliphatic carbocycles. The lowest BCUT2D eigenvalue weighted by atomic mass is 9.91. The molecule has 0 fully saturated rings. The van der Waals surface area contributed by atoms with Crippen LogP contribution >= 0.6 is 11.3 Å². The van der Waals surface area contributed by atoms with Crippen molar-refractivity contribution >= 4 is 17.3 Å². The quantitative estimate of drug-likeness (QED) is 0.817. The summed E-state index contributed by atoms with van der Waals surface area (Å²) in [5, 5.41) is 0. The summed E-state index contributed by atoms with van der Waals surface area (Å²) < 4.78 is 4.91. The highest BCUT2D eigenvalue weighted by atomic mass is 32.1. The Bertz CT molecular complexity index is 499. The zero-order valence-electron chi connectivity index (χ0n) is 12.9. The molecular weight excluding hydrogens is 276 g/mol. The molecule has 20 heavy (non-hydrogen) atoms. The maximum atomic E-state index is 11.6. The van der Waals surface area contributed by atoms with Crippen LogP contribution in [0.3, 0.4) is 0 Å². The van der Waals surface area contributed by atoms with Crippen molar-refractivity contribution in [2.75, 3.05) is 20.2 Å². The molecule has 1 rings (SSSR count). The van der Waals surface area contributed by atoms with Crippen molar-refractivity contribution in [3.8, 4) is 0 Å². The van der Waals surface area contributed by atoms with Gasteiger partial charge in [0.1, 0.15) is 0 Å². The van der Waals surface area contributed by atoms with Crippen LogP contribution in [0.1, 0.15) is 44.7 Å². The molecule has 0 radical (unpaired) electrons. The van der Waals surface area contributed by atoms with Gasteiger partial charge in [-0.2, -0.15) is 0 Å². The number of esters is 1. The van der Waals surface area contributed by atoms with Gasteiger partial charge in [0.25, 0.3) is 0 Å². The summed E-state index contributed by atoms with van der Waals surface area (Å²) in [6, 6.07) is 0. The molecule has 1 aromatic rings. The van der Waals surface area contributed by atoms with E-state index in [4.69, 9.17) is 4.74 Å². The van der Waals surface area contributed by atoms with Crippen molar-refractivity contribution < 1.29 is 9.53 Å². The van der Waals surface area contributed by atoms with Crippen molar-refractivity contribution in [1.29, 1.82) is 0 Å². The molecule has 0 aromatic carbocycles. The smallest absolute Gasteiger partial charge is 0.307 e. The highest BCUT2D eigenvalue weighted by Gasteiger charge is 2.22. The summed E-state index contributed by atoms with van der Waals surface area (Å²) in [7, 11) is 1.94. The third-order valence-corrected chi connectivity index (χ3v) is 3.76. The Morgan fingerprint density at radius 1 is 1.40 bits per heavy atom. The topological polar surface area (TPSA) is 62.4 Å². The van der Waals surface area contributed by atoms with E-state index in [0.29, 0.717) is 26.1 Å². The molecule has 1 N–H and O–H groups in total. The van der Waals surface area contributed by atoms with Crippen LogP contribution in [-0.4, -0.2) is 36.1 Å². The van der Waals surface area contributed by atoms with Gasteiger partial charge < -0.3 is 14.6 Å². The number of carbonyl (C=O) groups excluding carboxylic acids is 1. The Morgan fingerprint density at radius 3 is 2.60 bits per heavy atom. The second-order valence-corrected chi connectivity index (χ2v) is 6.92. The monoisotopic (exact) mass is 300 g/mol. The minimum atomic E-state index is -0.183. The number of ether oxygens (including phenoxy) is 1. The van der Waals surface area contributed by atoms with Crippen molar-refractivity contribution in [1.82, 2.24) is 9.88 Å². The van der Waals surface area contributed by atoms with Crippen LogP contribution < -0.4 is 4.87 Å². The SMILES string of the molecule is CCOC(=O)CCN(C)Cc1sc(=O)[nH]c1C(C)(C)C. The van der Waals surface area contributed by atoms with Gasteiger partial charge in [-0.3, -0.25) is 9.59 Å². The Morgan fingerprint density at radius 2 is 2.05 bits per heavy atom. The van der Waals surface area contributed by atoms with E-state index >= 15 is 0 Å². The van der Waals surface area contributed by atoms with Gasteiger partial charge in [0.15, 0.2) is 0 Å². The van der Waals surface area contributed by atoms with Crippen LogP contribution in [0.2, 0.25) is 0 Å². The van der Waals surface area contributed by atoms with E-state index < -0.39 is 0 Å². The molecule has 0 saturated carbocycles. The van der Waals surface area contributed by atoms with Gasteiger partial charge in [0, 0.05) is 29.1 Å². The Balaban J connectivity index is 2.65. The first-order valence-corrected chi connectivity index (χ1v) is 7.62. The van der Waals surface area contributed by atoms with Gasteiger partial charge in [-0.25, -0.2) is 0 Å². The predicted molar refractivity (Wildman–Crippen MR) is 81.2 cm³/mol. The van der Waals surface area contributed by atoms with E-state index in [1.165, 1.54) is 11.3 Å². The van der Waals surface area contributed by atoms with Crippen LogP contribution in [0.25, 0.3) is 0 Å². The van der Waals surface area contributed by atoms with E-state index in [9.17, 15) is 9.59 Å². The summed E-state index contributed by atoms with van der Waals surface area (Å²) in [5.41, 5.74) is 0.895. The largest absolute Gasteiger partial charge is 0.466 e. The van der Waals surface area contributed by atoms with Crippen molar-refractivity contribution in [2.45, 2.75) is 46.1 Å². The van der Waals surface area contributed by atoms with Crippen LogP contribution in [-0.2, 0) is 21.5 Å². The van der Waals surface area contributed by atoms with Gasteiger partial charge >= 0.3 is 10.8 Å². The molecule has 0 atom stereocenters. The number of H-pyrrole nitrogens is 1. The molecule has 1 aromatic heterocycles. The van der Waals surface area contributed by atoms with Crippen LogP contribution in [0.4, 0.5) is 0 Å². The summed E-state index contributed by atoms with van der Waals surface area (Å²) in [6.07, 6.45) is 0.370. The van der Waals surface area contributed by atoms with E-state index in [2.05, 4.69) is 25.8 Å². The van der Waals surface area contributed by atoms with Crippen molar-refractivity contribution in [2.24, 2.45) is 0 Å². The second-order valence-electron chi connectivity index (χ2n) is 5.86. The number of hydrogen-bond donors (Lipinski definition) is 1. The molecule has 6 heteroatoms. The van der Waals surface area contributed by atoms with Gasteiger partial charge in [0.05, 0.1) is 13.0 Å². The van der Waals surface area contributed by atoms with Gasteiger partial charge in [-0.1, -0.05) is 32.1 Å². The van der Waals surface area contributed by atoms with Crippen LogP contribution in [0.5, 0.6) is 0 Å². The van der Waals surface area contributed by atoms with Gasteiger partial charge in [-0.05, 0) is 14.0 Å². The second kappa shape index (κ2) is 7.04. The van der Waals surface area contributed by atoms with Crippen LogP contribution in [0, 0.1) is 0 Å². The summed E-state index contributed by atoms with van der Waals surface area (Å²) >= 11 is 1.25. The summed E-state index contributed by atoms with van der Waals surface area (Å²) in [6.45, 7) is 9.72. The number of carbonyl (C=O) groups is 1. The lowest BCUT2D eigenvalue weighted by Crippen LogP contribution is -2.24. The molecular formula is C14H24N2O3S. The maximum absolute atomic E-state index is 11.6. The molecule has 0 bridgehead atoms. The molecule has 0 unspecified atom stereocenters. The number of thiazole rings is 1. The Labute approximate surface area is 124 Å². The molecule has 0 spiro atoms. The number of nitrogens with one attached hydrogen (secondary N) is 1. The normalized spacial score (nSPS) is 11.9. The fraction of sp³-hybridized carbons (Fsp3) is 0.714. The molecule has 0 saturated heterocycles. The highest BCUT2D eigenvalue weighted by molar-refractivity contribution is 7.09. The third-order valence-electron chi connectivity index (χ3n) is 2.89. The number of rotatable bonds is 6. The Kier molecular flexibility index (Phi) is 5.95. The first-order chi connectivity index (χ1) is 9.24. The fourth-order valence-electron chi connectivity index (χ4n) is 1.92. The highest BCUT2D eigenvalue weighted by Crippen LogP contribution is 2.26. The third kappa shape index (κ3) is 5.09. The minimum absolute atomic E-state index is 0.0243. The van der Waals surface area contributed by atoms with Crippen LogP contribution in [0.15, 0.2) is 4.79 Å². The molecule has 5 nitrogen and oxygen atoms in total. The lowest BCUT2D eigenvalue weighted by Gasteiger charge is -2.21. The number of aromatic nitrogens is 1. The Hall–Kier alpha value is -1.14. The molecule has 0 aliphatic rings. The van der Waals surface area contributed by atoms with E-state index in [0.717, 1.165) is 10.6 Å². The van der Waals surface area contributed by atoms with Crippen molar-refractivity contribution in [3.05, 3.63) is 20.2 Å². The average Bonchev–Trinajstić information content (AvgIpc) is 2.68. The molecule has 114 valence electrons. The first-order valence-electron chi connectivity index (χ1n) is 6.80. The van der Waals surface area contributed by atoms with E-state index in [1.807, 2.05) is 11.9 Å². The van der Waals surface area contributed by atoms with Crippen molar-refractivity contribution in [3.63, 3.8) is 0 Å².